The Morgan fingerprint density at radius 2 is 1.89 bits per heavy atom. The fourth-order valence-corrected chi connectivity index (χ4v) is 1.72. The number of aryl methyl sites for hydroxylation is 2. The maximum atomic E-state index is 5.82. The van der Waals surface area contributed by atoms with Crippen LogP contribution < -0.4 is 10.1 Å². The molecule has 3 nitrogen and oxygen atoms in total. The molecule has 3 heteroatoms. The summed E-state index contributed by atoms with van der Waals surface area (Å²) in [6.07, 6.45) is 0.145. The van der Waals surface area contributed by atoms with Gasteiger partial charge in [-0.05, 0) is 60.1 Å². The van der Waals surface area contributed by atoms with Gasteiger partial charge in [0.1, 0.15) is 0 Å². The first-order chi connectivity index (χ1) is 8.19. The van der Waals surface area contributed by atoms with Crippen molar-refractivity contribution in [3.63, 3.8) is 0 Å². The number of hydrogen-bond donors (Lipinski definition) is 1. The van der Waals surface area contributed by atoms with Crippen molar-refractivity contribution in [3.8, 4) is 5.88 Å². The minimum Gasteiger partial charge on any atom is -0.475 e. The quantitative estimate of drug-likeness (QED) is 0.889. The summed E-state index contributed by atoms with van der Waals surface area (Å²) in [5.74, 6) is 0.763. The summed E-state index contributed by atoms with van der Waals surface area (Å²) in [6.45, 7) is 15.4. The zero-order chi connectivity index (χ0) is 13.9. The Balaban J connectivity index is 3.00. The summed E-state index contributed by atoms with van der Waals surface area (Å²) in [5, 5.41) is 3.49. The Kier molecular flexibility index (Phi) is 4.74. The number of ether oxygens (including phenoxy) is 1. The lowest BCUT2D eigenvalue weighted by atomic mass is 10.1. The monoisotopic (exact) mass is 250 g/mol. The molecule has 102 valence electrons. The van der Waals surface area contributed by atoms with Gasteiger partial charge in [-0.3, -0.25) is 0 Å². The number of rotatable bonds is 4. The first-order valence-electron chi connectivity index (χ1n) is 6.58. The molecule has 0 saturated carbocycles. The summed E-state index contributed by atoms with van der Waals surface area (Å²) in [5.41, 5.74) is 3.48. The van der Waals surface area contributed by atoms with Crippen LogP contribution in [-0.4, -0.2) is 16.6 Å². The summed E-state index contributed by atoms with van der Waals surface area (Å²) >= 11 is 0. The van der Waals surface area contributed by atoms with E-state index in [1.54, 1.807) is 0 Å². The number of nitrogens with one attached hydrogen (secondary N) is 1. The summed E-state index contributed by atoms with van der Waals surface area (Å²) in [6, 6.07) is 2.10. The molecule has 18 heavy (non-hydrogen) atoms. The van der Waals surface area contributed by atoms with Crippen LogP contribution in [0.25, 0.3) is 0 Å². The second kappa shape index (κ2) is 5.70. The average Bonchev–Trinajstić information content (AvgIpc) is 2.12. The molecule has 0 aliphatic heterocycles. The second-order valence-electron chi connectivity index (χ2n) is 6.13. The van der Waals surface area contributed by atoms with Crippen LogP contribution in [0, 0.1) is 13.8 Å². The van der Waals surface area contributed by atoms with Gasteiger partial charge in [0.15, 0.2) is 0 Å². The lowest BCUT2D eigenvalue weighted by Crippen LogP contribution is -2.35. The minimum atomic E-state index is 0.0897. The largest absolute Gasteiger partial charge is 0.475 e. The van der Waals surface area contributed by atoms with E-state index in [0.717, 1.165) is 23.7 Å². The SMILES string of the molecule is Cc1cc(C)c(CNC(C)(C)C)c(OC(C)C)n1. The van der Waals surface area contributed by atoms with E-state index < -0.39 is 0 Å². The van der Waals surface area contributed by atoms with Crippen molar-refractivity contribution in [1.29, 1.82) is 0 Å². The predicted octanol–water partition coefficient (Wildman–Crippen LogP) is 3.37. The van der Waals surface area contributed by atoms with Gasteiger partial charge < -0.3 is 10.1 Å². The van der Waals surface area contributed by atoms with Gasteiger partial charge in [0.2, 0.25) is 5.88 Å². The number of nitrogens with zero attached hydrogens (tertiary/aromatic N) is 1. The van der Waals surface area contributed by atoms with E-state index in [2.05, 4.69) is 44.1 Å². The lowest BCUT2D eigenvalue weighted by Gasteiger charge is -2.23. The van der Waals surface area contributed by atoms with Crippen molar-refractivity contribution in [2.45, 2.75) is 66.7 Å². The zero-order valence-corrected chi connectivity index (χ0v) is 12.7. The molecule has 0 saturated heterocycles. The van der Waals surface area contributed by atoms with Crippen molar-refractivity contribution >= 4 is 0 Å². The van der Waals surface area contributed by atoms with Crippen LogP contribution in [0.5, 0.6) is 5.88 Å². The highest BCUT2D eigenvalue weighted by Crippen LogP contribution is 2.22. The smallest absolute Gasteiger partial charge is 0.218 e. The fraction of sp³-hybridized carbons (Fsp3) is 0.667. The molecule has 0 aliphatic rings. The fourth-order valence-electron chi connectivity index (χ4n) is 1.72. The highest BCUT2D eigenvalue weighted by Gasteiger charge is 2.15. The van der Waals surface area contributed by atoms with Crippen molar-refractivity contribution < 1.29 is 4.74 Å². The molecule has 1 aromatic rings. The Labute approximate surface area is 111 Å². The summed E-state index contributed by atoms with van der Waals surface area (Å²) in [4.78, 5) is 4.51. The highest BCUT2D eigenvalue weighted by molar-refractivity contribution is 5.36. The van der Waals surface area contributed by atoms with Gasteiger partial charge in [-0.15, -0.1) is 0 Å². The first kappa shape index (κ1) is 15.0. The van der Waals surface area contributed by atoms with Crippen LogP contribution in [0.2, 0.25) is 0 Å². The maximum Gasteiger partial charge on any atom is 0.218 e. The van der Waals surface area contributed by atoms with Crippen molar-refractivity contribution in [2.75, 3.05) is 0 Å². The molecule has 1 heterocycles. The van der Waals surface area contributed by atoms with Crippen molar-refractivity contribution in [1.82, 2.24) is 10.3 Å². The van der Waals surface area contributed by atoms with Crippen LogP contribution >= 0.6 is 0 Å². The Bertz CT molecular complexity index is 406. The van der Waals surface area contributed by atoms with Gasteiger partial charge in [-0.2, -0.15) is 0 Å². The van der Waals surface area contributed by atoms with Crippen LogP contribution in [-0.2, 0) is 6.54 Å². The van der Waals surface area contributed by atoms with Crippen molar-refractivity contribution in [3.05, 3.63) is 22.9 Å². The Morgan fingerprint density at radius 1 is 1.28 bits per heavy atom. The van der Waals surface area contributed by atoms with Gasteiger partial charge in [0, 0.05) is 23.3 Å². The first-order valence-corrected chi connectivity index (χ1v) is 6.58. The third-order valence-electron chi connectivity index (χ3n) is 2.58. The number of pyridine rings is 1. The Hall–Kier alpha value is -1.09. The molecule has 0 aromatic carbocycles. The molecular formula is C15H26N2O. The maximum absolute atomic E-state index is 5.82. The third-order valence-corrected chi connectivity index (χ3v) is 2.58. The molecule has 1 rings (SSSR count). The molecule has 0 bridgehead atoms. The molecular weight excluding hydrogens is 224 g/mol. The molecule has 0 radical (unpaired) electrons. The van der Waals surface area contributed by atoms with Gasteiger partial charge in [-0.25, -0.2) is 4.98 Å². The molecule has 0 unspecified atom stereocenters. The molecule has 0 spiro atoms. The summed E-state index contributed by atoms with van der Waals surface area (Å²) < 4.78 is 5.82. The van der Waals surface area contributed by atoms with Gasteiger partial charge in [0.05, 0.1) is 6.10 Å². The van der Waals surface area contributed by atoms with E-state index in [9.17, 15) is 0 Å². The Morgan fingerprint density at radius 3 is 2.39 bits per heavy atom. The van der Waals surface area contributed by atoms with Crippen molar-refractivity contribution in [2.24, 2.45) is 0 Å². The summed E-state index contributed by atoms with van der Waals surface area (Å²) in [7, 11) is 0. The molecule has 0 amide bonds. The molecule has 1 aromatic heterocycles. The van der Waals surface area contributed by atoms with Crippen LogP contribution in [0.1, 0.15) is 51.4 Å². The van der Waals surface area contributed by atoms with E-state index in [1.807, 2.05) is 20.8 Å². The lowest BCUT2D eigenvalue weighted by molar-refractivity contribution is 0.228. The molecule has 0 atom stereocenters. The minimum absolute atomic E-state index is 0.0897. The van der Waals surface area contributed by atoms with Gasteiger partial charge in [0.25, 0.3) is 0 Å². The normalized spacial score (nSPS) is 12.0. The topological polar surface area (TPSA) is 34.1 Å². The van der Waals surface area contributed by atoms with Crippen LogP contribution in [0.15, 0.2) is 6.07 Å². The van der Waals surface area contributed by atoms with Gasteiger partial charge in [-0.1, -0.05) is 0 Å². The highest BCUT2D eigenvalue weighted by atomic mass is 16.5. The predicted molar refractivity (Wildman–Crippen MR) is 76.1 cm³/mol. The van der Waals surface area contributed by atoms with E-state index in [4.69, 9.17) is 4.74 Å². The third kappa shape index (κ3) is 4.65. The van der Waals surface area contributed by atoms with E-state index >= 15 is 0 Å². The average molecular weight is 250 g/mol. The van der Waals surface area contributed by atoms with Gasteiger partial charge >= 0.3 is 0 Å². The molecule has 0 fully saturated rings. The zero-order valence-electron chi connectivity index (χ0n) is 12.7. The standard InChI is InChI=1S/C15H26N2O/c1-10(2)18-14-13(9-16-15(5,6)7)11(3)8-12(4)17-14/h8,10,16H,9H2,1-7H3. The van der Waals surface area contributed by atoms with Crippen LogP contribution in [0.3, 0.4) is 0 Å². The number of aromatic nitrogens is 1. The molecule has 0 aliphatic carbocycles. The van der Waals surface area contributed by atoms with E-state index in [1.165, 1.54) is 5.56 Å². The van der Waals surface area contributed by atoms with E-state index in [0.29, 0.717) is 0 Å². The molecule has 1 N–H and O–H groups in total. The second-order valence-corrected chi connectivity index (χ2v) is 6.13. The number of hydrogen-bond acceptors (Lipinski definition) is 3. The van der Waals surface area contributed by atoms with Crippen LogP contribution in [0.4, 0.5) is 0 Å². The van der Waals surface area contributed by atoms with E-state index in [-0.39, 0.29) is 11.6 Å².